The molecule has 1 aromatic carbocycles. The molecule has 19 heavy (non-hydrogen) atoms. The fourth-order valence-electron chi connectivity index (χ4n) is 1.95. The second-order valence-corrected chi connectivity index (χ2v) is 4.43. The van der Waals surface area contributed by atoms with Crippen LogP contribution in [0, 0.1) is 6.20 Å². The molecule has 1 heterocycles. The van der Waals surface area contributed by atoms with E-state index >= 15 is 0 Å². The highest BCUT2D eigenvalue weighted by Crippen LogP contribution is 2.30. The van der Waals surface area contributed by atoms with Crippen LogP contribution in [0.25, 0.3) is 0 Å². The van der Waals surface area contributed by atoms with Gasteiger partial charge in [0.25, 0.3) is 0 Å². The number of aromatic amines is 1. The van der Waals surface area contributed by atoms with Crippen molar-refractivity contribution in [2.45, 2.75) is 32.4 Å². The van der Waals surface area contributed by atoms with E-state index in [4.69, 9.17) is 0 Å². The van der Waals surface area contributed by atoms with Gasteiger partial charge in [-0.2, -0.15) is 18.3 Å². The number of hydrogen-bond acceptors (Lipinski definition) is 1. The van der Waals surface area contributed by atoms with Crippen LogP contribution in [-0.2, 0) is 19.0 Å². The minimum absolute atomic E-state index is 0.0516. The first-order valence-electron chi connectivity index (χ1n) is 6.10. The Balaban J connectivity index is 2.15. The molecule has 5 heteroatoms. The first-order valence-corrected chi connectivity index (χ1v) is 6.10. The van der Waals surface area contributed by atoms with Gasteiger partial charge in [0.15, 0.2) is 0 Å². The average Bonchev–Trinajstić information content (AvgIpc) is 2.80. The van der Waals surface area contributed by atoms with Crippen molar-refractivity contribution in [2.75, 3.05) is 0 Å². The first-order chi connectivity index (χ1) is 9.00. The lowest BCUT2D eigenvalue weighted by Crippen LogP contribution is -2.09. The number of halogens is 3. The highest BCUT2D eigenvalue weighted by molar-refractivity contribution is 5.30. The van der Waals surface area contributed by atoms with Crippen LogP contribution < -0.4 is 0 Å². The number of hydrogen-bond donors (Lipinski definition) is 1. The molecule has 1 N–H and O–H groups in total. The summed E-state index contributed by atoms with van der Waals surface area (Å²) in [5, 5.41) is 5.33. The molecule has 2 rings (SSSR count). The lowest BCUT2D eigenvalue weighted by atomic mass is 10.0. The largest absolute Gasteiger partial charge is 0.433 e. The third-order valence-electron chi connectivity index (χ3n) is 2.89. The molecule has 0 aliphatic heterocycles. The number of aryl methyl sites for hydroxylation is 1. The van der Waals surface area contributed by atoms with E-state index in [1.807, 2.05) is 29.4 Å². The van der Waals surface area contributed by atoms with E-state index in [9.17, 15) is 13.2 Å². The fraction of sp³-hybridized carbons (Fsp3) is 0.357. The van der Waals surface area contributed by atoms with Crippen LogP contribution in [0.2, 0.25) is 0 Å². The zero-order valence-electron chi connectivity index (χ0n) is 10.5. The van der Waals surface area contributed by atoms with Crippen LogP contribution in [0.15, 0.2) is 24.3 Å². The highest BCUT2D eigenvalue weighted by atomic mass is 19.4. The molecular weight excluding hydrogens is 253 g/mol. The number of nitrogens with zero attached hydrogens (tertiary/aromatic N) is 1. The normalized spacial score (nSPS) is 11.8. The second-order valence-electron chi connectivity index (χ2n) is 4.43. The van der Waals surface area contributed by atoms with Gasteiger partial charge in [0, 0.05) is 12.0 Å². The molecule has 0 aliphatic carbocycles. The van der Waals surface area contributed by atoms with E-state index in [1.165, 1.54) is 5.56 Å². The molecule has 0 amide bonds. The standard InChI is InChI=1S/C14H14F3N2/c1-2-3-10-4-6-11(7-5-10)8-12-9-18-19-13(12)14(15,16)17/h4-7H,2-3,8H2,1H3,(H,18,19). The van der Waals surface area contributed by atoms with Gasteiger partial charge in [-0.15, -0.1) is 0 Å². The Morgan fingerprint density at radius 3 is 2.37 bits per heavy atom. The van der Waals surface area contributed by atoms with Crippen molar-refractivity contribution in [1.82, 2.24) is 10.2 Å². The third kappa shape index (κ3) is 3.36. The van der Waals surface area contributed by atoms with E-state index < -0.39 is 11.9 Å². The molecular formula is C14H14F3N2. The molecule has 0 spiro atoms. The summed E-state index contributed by atoms with van der Waals surface area (Å²) in [6.45, 7) is 2.09. The molecule has 0 aliphatic rings. The molecule has 2 nitrogen and oxygen atoms in total. The molecule has 0 fully saturated rings. The Hall–Kier alpha value is -1.78. The van der Waals surface area contributed by atoms with Crippen LogP contribution in [0.5, 0.6) is 0 Å². The van der Waals surface area contributed by atoms with Crippen LogP contribution in [0.1, 0.15) is 35.7 Å². The number of alkyl halides is 3. The smallest absolute Gasteiger partial charge is 0.273 e. The Kier molecular flexibility index (Phi) is 3.93. The van der Waals surface area contributed by atoms with Gasteiger partial charge in [-0.3, -0.25) is 5.10 Å². The predicted octanol–water partition coefficient (Wildman–Crippen LogP) is 3.77. The molecule has 0 unspecified atom stereocenters. The summed E-state index contributed by atoms with van der Waals surface area (Å²) in [7, 11) is 0. The van der Waals surface area contributed by atoms with Crippen molar-refractivity contribution in [3.8, 4) is 0 Å². The van der Waals surface area contributed by atoms with Crippen molar-refractivity contribution in [3.63, 3.8) is 0 Å². The average molecular weight is 267 g/mol. The van der Waals surface area contributed by atoms with Crippen molar-refractivity contribution in [2.24, 2.45) is 0 Å². The number of aromatic nitrogens is 2. The number of benzene rings is 1. The van der Waals surface area contributed by atoms with Gasteiger partial charge < -0.3 is 0 Å². The Morgan fingerprint density at radius 1 is 1.16 bits per heavy atom. The summed E-state index contributed by atoms with van der Waals surface area (Å²) in [4.78, 5) is 0. The SMILES string of the molecule is CCCc1ccc(Cc2[c]n[nH]c2C(F)(F)F)cc1. The van der Waals surface area contributed by atoms with Crippen molar-refractivity contribution in [3.05, 3.63) is 52.8 Å². The quantitative estimate of drug-likeness (QED) is 0.897. The van der Waals surface area contributed by atoms with Crippen molar-refractivity contribution >= 4 is 0 Å². The Morgan fingerprint density at radius 2 is 1.79 bits per heavy atom. The summed E-state index contributed by atoms with van der Waals surface area (Å²) < 4.78 is 38.0. The predicted molar refractivity (Wildman–Crippen MR) is 65.7 cm³/mol. The van der Waals surface area contributed by atoms with Gasteiger partial charge in [-0.1, -0.05) is 37.6 Å². The Labute approximate surface area is 109 Å². The van der Waals surface area contributed by atoms with Gasteiger partial charge in [0.05, 0.1) is 0 Å². The maximum Gasteiger partial charge on any atom is 0.433 e. The highest BCUT2D eigenvalue weighted by Gasteiger charge is 2.35. The maximum absolute atomic E-state index is 12.7. The number of rotatable bonds is 4. The summed E-state index contributed by atoms with van der Waals surface area (Å²) in [5.41, 5.74) is 1.25. The third-order valence-corrected chi connectivity index (χ3v) is 2.89. The molecule has 1 aromatic heterocycles. The maximum atomic E-state index is 12.7. The molecule has 0 saturated carbocycles. The lowest BCUT2D eigenvalue weighted by molar-refractivity contribution is -0.141. The number of H-pyrrole nitrogens is 1. The van der Waals surface area contributed by atoms with Crippen LogP contribution in [-0.4, -0.2) is 10.2 Å². The van der Waals surface area contributed by atoms with Gasteiger partial charge in [-0.05, 0) is 17.5 Å². The van der Waals surface area contributed by atoms with Crippen LogP contribution in [0.3, 0.4) is 0 Å². The summed E-state index contributed by atoms with van der Waals surface area (Å²) in [6.07, 6.45) is 0.168. The molecule has 2 aromatic rings. The van der Waals surface area contributed by atoms with E-state index in [-0.39, 0.29) is 12.0 Å². The zero-order valence-corrected chi connectivity index (χ0v) is 10.5. The van der Waals surface area contributed by atoms with Gasteiger partial charge in [0.1, 0.15) is 11.9 Å². The Bertz CT molecular complexity index is 526. The van der Waals surface area contributed by atoms with Crippen molar-refractivity contribution in [1.29, 1.82) is 0 Å². The van der Waals surface area contributed by atoms with E-state index in [2.05, 4.69) is 18.2 Å². The van der Waals surface area contributed by atoms with Gasteiger partial charge in [-0.25, -0.2) is 0 Å². The van der Waals surface area contributed by atoms with Gasteiger partial charge in [0.2, 0.25) is 0 Å². The molecule has 0 bridgehead atoms. The minimum atomic E-state index is -4.41. The van der Waals surface area contributed by atoms with E-state index in [1.54, 1.807) is 0 Å². The van der Waals surface area contributed by atoms with Crippen LogP contribution in [0.4, 0.5) is 13.2 Å². The van der Waals surface area contributed by atoms with E-state index in [0.717, 1.165) is 18.4 Å². The first kappa shape index (κ1) is 13.6. The molecule has 0 atom stereocenters. The summed E-state index contributed by atoms with van der Waals surface area (Å²) in [6, 6.07) is 7.61. The monoisotopic (exact) mass is 267 g/mol. The molecule has 0 saturated heterocycles. The summed E-state index contributed by atoms with van der Waals surface area (Å²) >= 11 is 0. The molecule has 101 valence electrons. The summed E-state index contributed by atoms with van der Waals surface area (Å²) in [5.74, 6) is 0. The van der Waals surface area contributed by atoms with Crippen LogP contribution >= 0.6 is 0 Å². The molecule has 1 radical (unpaired) electrons. The number of nitrogens with one attached hydrogen (secondary N) is 1. The van der Waals surface area contributed by atoms with Gasteiger partial charge >= 0.3 is 6.18 Å². The lowest BCUT2D eigenvalue weighted by Gasteiger charge is -2.07. The van der Waals surface area contributed by atoms with Crippen molar-refractivity contribution < 1.29 is 13.2 Å². The minimum Gasteiger partial charge on any atom is -0.273 e. The second kappa shape index (κ2) is 5.47. The van der Waals surface area contributed by atoms with E-state index in [0.29, 0.717) is 0 Å². The topological polar surface area (TPSA) is 28.7 Å². The zero-order chi connectivity index (χ0) is 13.9. The fourth-order valence-corrected chi connectivity index (χ4v) is 1.95.